The maximum atomic E-state index is 10.7. The predicted molar refractivity (Wildman–Crippen MR) is 80.3 cm³/mol. The van der Waals surface area contributed by atoms with E-state index in [2.05, 4.69) is 15.2 Å². The van der Waals surface area contributed by atoms with Crippen LogP contribution in [0.2, 0.25) is 0 Å². The number of nitrogens with zero attached hydrogens (tertiary/aromatic N) is 3. The molecule has 6 nitrogen and oxygen atoms in total. The SMILES string of the molecule is O=[N+]([O-])c1ccc(N2CCNCC2c2ccccn2)cc1. The fourth-order valence-corrected chi connectivity index (χ4v) is 2.62. The number of nitro benzene ring substituents is 1. The van der Waals surface area contributed by atoms with E-state index in [9.17, 15) is 10.1 Å². The second kappa shape index (κ2) is 5.88. The molecule has 3 rings (SSSR count). The van der Waals surface area contributed by atoms with Gasteiger partial charge in [0.15, 0.2) is 0 Å². The van der Waals surface area contributed by atoms with Crippen molar-refractivity contribution in [2.24, 2.45) is 0 Å². The van der Waals surface area contributed by atoms with Gasteiger partial charge in [-0.05, 0) is 24.3 Å². The van der Waals surface area contributed by atoms with Crippen molar-refractivity contribution in [3.8, 4) is 0 Å². The van der Waals surface area contributed by atoms with Crippen LogP contribution in [0.4, 0.5) is 11.4 Å². The molecule has 0 bridgehead atoms. The highest BCUT2D eigenvalue weighted by atomic mass is 16.6. The van der Waals surface area contributed by atoms with Crippen LogP contribution in [0.15, 0.2) is 48.7 Å². The molecule has 1 aromatic heterocycles. The average molecular weight is 284 g/mol. The fraction of sp³-hybridized carbons (Fsp3) is 0.267. The molecule has 108 valence electrons. The zero-order valence-corrected chi connectivity index (χ0v) is 11.5. The van der Waals surface area contributed by atoms with E-state index < -0.39 is 0 Å². The summed E-state index contributed by atoms with van der Waals surface area (Å²) in [5, 5.41) is 14.1. The number of piperazine rings is 1. The Hall–Kier alpha value is -2.47. The first-order chi connectivity index (χ1) is 10.3. The van der Waals surface area contributed by atoms with E-state index in [0.717, 1.165) is 31.0 Å². The molecule has 0 radical (unpaired) electrons. The van der Waals surface area contributed by atoms with Gasteiger partial charge in [0.1, 0.15) is 0 Å². The molecule has 1 N–H and O–H groups in total. The Balaban J connectivity index is 1.89. The highest BCUT2D eigenvalue weighted by Crippen LogP contribution is 2.28. The van der Waals surface area contributed by atoms with Crippen molar-refractivity contribution in [3.05, 3.63) is 64.5 Å². The molecule has 1 atom stereocenters. The van der Waals surface area contributed by atoms with Crippen LogP contribution in [0, 0.1) is 10.1 Å². The molecule has 1 saturated heterocycles. The Labute approximate surface area is 122 Å². The van der Waals surface area contributed by atoms with Crippen LogP contribution in [0.1, 0.15) is 11.7 Å². The zero-order chi connectivity index (χ0) is 14.7. The third kappa shape index (κ3) is 2.85. The van der Waals surface area contributed by atoms with E-state index in [1.807, 2.05) is 18.2 Å². The quantitative estimate of drug-likeness (QED) is 0.690. The number of aromatic nitrogens is 1. The fourth-order valence-electron chi connectivity index (χ4n) is 2.62. The minimum Gasteiger partial charge on any atom is -0.360 e. The molecule has 0 amide bonds. The lowest BCUT2D eigenvalue weighted by atomic mass is 10.1. The number of non-ortho nitro benzene ring substituents is 1. The van der Waals surface area contributed by atoms with Crippen LogP contribution < -0.4 is 10.2 Å². The molecule has 1 fully saturated rings. The minimum atomic E-state index is -0.377. The number of anilines is 1. The average Bonchev–Trinajstić information content (AvgIpc) is 2.56. The van der Waals surface area contributed by atoms with Crippen LogP contribution in [0.25, 0.3) is 0 Å². The smallest absolute Gasteiger partial charge is 0.269 e. The van der Waals surface area contributed by atoms with Crippen LogP contribution in [0.5, 0.6) is 0 Å². The number of rotatable bonds is 3. The van der Waals surface area contributed by atoms with Gasteiger partial charge in [-0.1, -0.05) is 6.07 Å². The first-order valence-corrected chi connectivity index (χ1v) is 6.88. The number of benzene rings is 1. The monoisotopic (exact) mass is 284 g/mol. The van der Waals surface area contributed by atoms with Gasteiger partial charge in [0, 0.05) is 43.7 Å². The van der Waals surface area contributed by atoms with Crippen molar-refractivity contribution in [2.75, 3.05) is 24.5 Å². The van der Waals surface area contributed by atoms with Crippen LogP contribution in [-0.2, 0) is 0 Å². The highest BCUT2D eigenvalue weighted by Gasteiger charge is 2.25. The molecule has 0 aliphatic carbocycles. The molecule has 21 heavy (non-hydrogen) atoms. The molecular weight excluding hydrogens is 268 g/mol. The van der Waals surface area contributed by atoms with Gasteiger partial charge in [-0.25, -0.2) is 0 Å². The number of nitrogens with one attached hydrogen (secondary N) is 1. The normalized spacial score (nSPS) is 18.5. The summed E-state index contributed by atoms with van der Waals surface area (Å²) >= 11 is 0. The predicted octanol–water partition coefficient (Wildman–Crippen LogP) is 2.14. The number of hydrogen-bond donors (Lipinski definition) is 1. The van der Waals surface area contributed by atoms with Crippen molar-refractivity contribution < 1.29 is 4.92 Å². The maximum absolute atomic E-state index is 10.7. The van der Waals surface area contributed by atoms with Crippen molar-refractivity contribution in [3.63, 3.8) is 0 Å². The summed E-state index contributed by atoms with van der Waals surface area (Å²) in [6.07, 6.45) is 1.79. The van der Waals surface area contributed by atoms with Gasteiger partial charge in [0.05, 0.1) is 16.7 Å². The molecule has 2 heterocycles. The summed E-state index contributed by atoms with van der Waals surface area (Å²) in [6, 6.07) is 12.7. The van der Waals surface area contributed by atoms with Gasteiger partial charge in [-0.2, -0.15) is 0 Å². The topological polar surface area (TPSA) is 71.3 Å². The standard InChI is InChI=1S/C15H16N4O2/c20-19(21)13-6-4-12(5-7-13)18-10-9-16-11-15(18)14-3-1-2-8-17-14/h1-8,15-16H,9-11H2. The summed E-state index contributed by atoms with van der Waals surface area (Å²) in [5.41, 5.74) is 2.10. The molecule has 1 unspecified atom stereocenters. The second-order valence-electron chi connectivity index (χ2n) is 4.94. The van der Waals surface area contributed by atoms with Gasteiger partial charge in [0.2, 0.25) is 0 Å². The summed E-state index contributed by atoms with van der Waals surface area (Å²) in [4.78, 5) is 17.0. The summed E-state index contributed by atoms with van der Waals surface area (Å²) in [7, 11) is 0. The molecule has 1 aliphatic heterocycles. The van der Waals surface area contributed by atoms with Crippen LogP contribution in [-0.4, -0.2) is 29.5 Å². The van der Waals surface area contributed by atoms with Gasteiger partial charge in [0.25, 0.3) is 5.69 Å². The first-order valence-electron chi connectivity index (χ1n) is 6.88. The molecule has 6 heteroatoms. The summed E-state index contributed by atoms with van der Waals surface area (Å²) < 4.78 is 0. The van der Waals surface area contributed by atoms with E-state index in [1.54, 1.807) is 30.5 Å². The lowest BCUT2D eigenvalue weighted by Crippen LogP contribution is -2.46. The van der Waals surface area contributed by atoms with E-state index in [-0.39, 0.29) is 16.7 Å². The Kier molecular flexibility index (Phi) is 3.79. The summed E-state index contributed by atoms with van der Waals surface area (Å²) in [5.74, 6) is 0. The van der Waals surface area contributed by atoms with Crippen molar-refractivity contribution in [1.29, 1.82) is 0 Å². The van der Waals surface area contributed by atoms with Crippen molar-refractivity contribution in [1.82, 2.24) is 10.3 Å². The highest BCUT2D eigenvalue weighted by molar-refractivity contribution is 5.53. The Morgan fingerprint density at radius 3 is 2.71 bits per heavy atom. The van der Waals surface area contributed by atoms with Crippen LogP contribution >= 0.6 is 0 Å². The third-order valence-electron chi connectivity index (χ3n) is 3.66. The van der Waals surface area contributed by atoms with Crippen molar-refractivity contribution in [2.45, 2.75) is 6.04 Å². The molecule has 2 aromatic rings. The third-order valence-corrected chi connectivity index (χ3v) is 3.66. The zero-order valence-electron chi connectivity index (χ0n) is 11.5. The summed E-state index contributed by atoms with van der Waals surface area (Å²) in [6.45, 7) is 2.55. The maximum Gasteiger partial charge on any atom is 0.269 e. The Morgan fingerprint density at radius 1 is 1.24 bits per heavy atom. The second-order valence-corrected chi connectivity index (χ2v) is 4.94. The molecule has 0 spiro atoms. The number of hydrogen-bond acceptors (Lipinski definition) is 5. The number of pyridine rings is 1. The van der Waals surface area contributed by atoms with Gasteiger partial charge in [-0.15, -0.1) is 0 Å². The van der Waals surface area contributed by atoms with Crippen LogP contribution in [0.3, 0.4) is 0 Å². The van der Waals surface area contributed by atoms with E-state index in [0.29, 0.717) is 0 Å². The van der Waals surface area contributed by atoms with E-state index >= 15 is 0 Å². The van der Waals surface area contributed by atoms with Gasteiger partial charge in [-0.3, -0.25) is 15.1 Å². The van der Waals surface area contributed by atoms with E-state index in [4.69, 9.17) is 0 Å². The molecular formula is C15H16N4O2. The molecule has 1 aliphatic rings. The molecule has 1 aromatic carbocycles. The van der Waals surface area contributed by atoms with E-state index in [1.165, 1.54) is 0 Å². The van der Waals surface area contributed by atoms with Crippen molar-refractivity contribution >= 4 is 11.4 Å². The number of nitro groups is 1. The Morgan fingerprint density at radius 2 is 2.05 bits per heavy atom. The largest absolute Gasteiger partial charge is 0.360 e. The minimum absolute atomic E-state index is 0.114. The Bertz CT molecular complexity index is 615. The van der Waals surface area contributed by atoms with Gasteiger partial charge < -0.3 is 10.2 Å². The van der Waals surface area contributed by atoms with Gasteiger partial charge >= 0.3 is 0 Å². The lowest BCUT2D eigenvalue weighted by Gasteiger charge is -2.37. The lowest BCUT2D eigenvalue weighted by molar-refractivity contribution is -0.384. The molecule has 0 saturated carbocycles. The first kappa shape index (κ1) is 13.5.